The number of benzene rings is 2. The van der Waals surface area contributed by atoms with Crippen LogP contribution in [0, 0.1) is 17.0 Å². The predicted molar refractivity (Wildman–Crippen MR) is 115 cm³/mol. The van der Waals surface area contributed by atoms with Crippen LogP contribution in [-0.4, -0.2) is 26.4 Å². The van der Waals surface area contributed by atoms with E-state index >= 15 is 0 Å². The fourth-order valence-electron chi connectivity index (χ4n) is 3.13. The Kier molecular flexibility index (Phi) is 5.05. The SMILES string of the molecule is CCN(c1ccccc1)c1ncnc(Nc2nc3c(C)cccc3s2)c1[N+](=O)[O-]. The fraction of sp³-hybridized carbons (Fsp3) is 0.150. The minimum absolute atomic E-state index is 0.117. The molecule has 0 aliphatic rings. The lowest BCUT2D eigenvalue weighted by atomic mass is 10.2. The highest BCUT2D eigenvalue weighted by molar-refractivity contribution is 7.22. The molecule has 2 aromatic carbocycles. The van der Waals surface area contributed by atoms with Gasteiger partial charge in [0.15, 0.2) is 5.13 Å². The van der Waals surface area contributed by atoms with E-state index in [0.717, 1.165) is 21.5 Å². The van der Waals surface area contributed by atoms with Crippen molar-refractivity contribution in [2.45, 2.75) is 13.8 Å². The first kappa shape index (κ1) is 18.8. The summed E-state index contributed by atoms with van der Waals surface area (Å²) in [6.07, 6.45) is 1.33. The van der Waals surface area contributed by atoms with Gasteiger partial charge in [0.05, 0.1) is 15.1 Å². The van der Waals surface area contributed by atoms with E-state index in [1.54, 1.807) is 4.90 Å². The summed E-state index contributed by atoms with van der Waals surface area (Å²) in [5.41, 5.74) is 2.55. The predicted octanol–water partition coefficient (Wildman–Crippen LogP) is 5.20. The minimum Gasteiger partial charge on any atom is -0.321 e. The Morgan fingerprint density at radius 1 is 1.14 bits per heavy atom. The van der Waals surface area contributed by atoms with Gasteiger partial charge in [0.2, 0.25) is 11.6 Å². The molecule has 8 nitrogen and oxygen atoms in total. The Hall–Kier alpha value is -3.59. The molecule has 0 radical (unpaired) electrons. The molecule has 0 spiro atoms. The van der Waals surface area contributed by atoms with Crippen molar-refractivity contribution >= 4 is 49.7 Å². The van der Waals surface area contributed by atoms with Gasteiger partial charge < -0.3 is 10.2 Å². The molecule has 2 aromatic heterocycles. The van der Waals surface area contributed by atoms with Gasteiger partial charge in [-0.15, -0.1) is 0 Å². The number of nitro groups is 1. The molecule has 0 saturated carbocycles. The highest BCUT2D eigenvalue weighted by Crippen LogP contribution is 2.38. The maximum atomic E-state index is 12.0. The van der Waals surface area contributed by atoms with Gasteiger partial charge in [-0.3, -0.25) is 10.1 Å². The summed E-state index contributed by atoms with van der Waals surface area (Å²) in [5.74, 6) is 0.351. The summed E-state index contributed by atoms with van der Waals surface area (Å²) in [6, 6.07) is 15.4. The maximum Gasteiger partial charge on any atom is 0.354 e. The van der Waals surface area contributed by atoms with Crippen molar-refractivity contribution in [2.75, 3.05) is 16.8 Å². The van der Waals surface area contributed by atoms with Crippen LogP contribution in [0.15, 0.2) is 54.9 Å². The average Bonchev–Trinajstić information content (AvgIpc) is 3.13. The van der Waals surface area contributed by atoms with Crippen LogP contribution in [-0.2, 0) is 0 Å². The third-order valence-corrected chi connectivity index (χ3v) is 5.41. The Labute approximate surface area is 171 Å². The molecule has 29 heavy (non-hydrogen) atoms. The molecule has 146 valence electrons. The number of fused-ring (bicyclic) bond motifs is 1. The van der Waals surface area contributed by atoms with E-state index in [9.17, 15) is 10.1 Å². The zero-order valence-electron chi connectivity index (χ0n) is 15.9. The monoisotopic (exact) mass is 406 g/mol. The van der Waals surface area contributed by atoms with Crippen LogP contribution < -0.4 is 10.2 Å². The van der Waals surface area contributed by atoms with E-state index in [2.05, 4.69) is 20.3 Å². The smallest absolute Gasteiger partial charge is 0.321 e. The number of hydrogen-bond acceptors (Lipinski definition) is 8. The third kappa shape index (κ3) is 3.59. The Morgan fingerprint density at radius 3 is 2.62 bits per heavy atom. The van der Waals surface area contributed by atoms with Crippen LogP contribution in [0.1, 0.15) is 12.5 Å². The first-order chi connectivity index (χ1) is 14.1. The number of aryl methyl sites for hydroxylation is 1. The molecule has 0 saturated heterocycles. The second-order valence-electron chi connectivity index (χ2n) is 6.30. The van der Waals surface area contributed by atoms with Crippen LogP contribution in [0.3, 0.4) is 0 Å². The van der Waals surface area contributed by atoms with Crippen molar-refractivity contribution in [3.63, 3.8) is 0 Å². The zero-order valence-corrected chi connectivity index (χ0v) is 16.7. The molecule has 0 unspecified atom stereocenters. The second kappa shape index (κ2) is 7.80. The lowest BCUT2D eigenvalue weighted by Gasteiger charge is -2.22. The fourth-order valence-corrected chi connectivity index (χ4v) is 4.07. The summed E-state index contributed by atoms with van der Waals surface area (Å²) in [7, 11) is 0. The average molecular weight is 406 g/mol. The molecular formula is C20H18N6O2S. The third-order valence-electron chi connectivity index (χ3n) is 4.47. The van der Waals surface area contributed by atoms with Gasteiger partial charge in [-0.05, 0) is 37.6 Å². The molecule has 0 aliphatic carbocycles. The Balaban J connectivity index is 1.78. The largest absolute Gasteiger partial charge is 0.354 e. The van der Waals surface area contributed by atoms with Crippen LogP contribution in [0.2, 0.25) is 0 Å². The topological polar surface area (TPSA) is 97.1 Å². The van der Waals surface area contributed by atoms with Gasteiger partial charge in [-0.1, -0.05) is 41.7 Å². The van der Waals surface area contributed by atoms with Crippen molar-refractivity contribution in [1.29, 1.82) is 0 Å². The second-order valence-corrected chi connectivity index (χ2v) is 7.33. The summed E-state index contributed by atoms with van der Waals surface area (Å²) < 4.78 is 1.00. The number of hydrogen-bond donors (Lipinski definition) is 1. The molecular weight excluding hydrogens is 388 g/mol. The summed E-state index contributed by atoms with van der Waals surface area (Å²) in [4.78, 5) is 26.2. The number of aromatic nitrogens is 3. The number of para-hydroxylation sites is 2. The molecule has 0 amide bonds. The van der Waals surface area contributed by atoms with Crippen molar-refractivity contribution in [3.8, 4) is 0 Å². The lowest BCUT2D eigenvalue weighted by molar-refractivity contribution is -0.383. The molecule has 1 N–H and O–H groups in total. The van der Waals surface area contributed by atoms with E-state index in [1.165, 1.54) is 17.7 Å². The summed E-state index contributed by atoms with van der Waals surface area (Å²) in [5, 5.41) is 15.5. The lowest BCUT2D eigenvalue weighted by Crippen LogP contribution is -2.19. The van der Waals surface area contributed by atoms with Crippen LogP contribution in [0.4, 0.5) is 28.1 Å². The molecule has 4 aromatic rings. The summed E-state index contributed by atoms with van der Waals surface area (Å²) in [6.45, 7) is 4.42. The van der Waals surface area contributed by atoms with E-state index in [-0.39, 0.29) is 17.3 Å². The number of nitrogens with zero attached hydrogens (tertiary/aromatic N) is 5. The minimum atomic E-state index is -0.457. The van der Waals surface area contributed by atoms with Gasteiger partial charge in [0, 0.05) is 12.2 Å². The van der Waals surface area contributed by atoms with Crippen molar-refractivity contribution < 1.29 is 4.92 Å². The number of anilines is 4. The van der Waals surface area contributed by atoms with Gasteiger partial charge >= 0.3 is 5.69 Å². The van der Waals surface area contributed by atoms with E-state index in [4.69, 9.17) is 0 Å². The van der Waals surface area contributed by atoms with Gasteiger partial charge in [0.25, 0.3) is 0 Å². The van der Waals surface area contributed by atoms with Crippen LogP contribution in [0.5, 0.6) is 0 Å². The molecule has 2 heterocycles. The molecule has 0 atom stereocenters. The standard InChI is InChI=1S/C20H18N6O2S/c1-3-25(14-9-5-4-6-10-14)19-17(26(27)28)18(21-12-22-19)24-20-23-16-13(2)8-7-11-15(16)29-20/h4-12H,3H2,1-2H3,(H,21,22,23,24). The molecule has 4 rings (SSSR count). The first-order valence-corrected chi connectivity index (χ1v) is 9.85. The van der Waals surface area contributed by atoms with E-state index < -0.39 is 4.92 Å². The Bertz CT molecular complexity index is 1180. The molecule has 0 aliphatic heterocycles. The van der Waals surface area contributed by atoms with Gasteiger partial charge in [0.1, 0.15) is 6.33 Å². The number of thiazole rings is 1. The molecule has 0 fully saturated rings. The van der Waals surface area contributed by atoms with Crippen molar-refractivity contribution in [1.82, 2.24) is 15.0 Å². The zero-order chi connectivity index (χ0) is 20.4. The quantitative estimate of drug-likeness (QED) is 0.347. The van der Waals surface area contributed by atoms with Gasteiger partial charge in [-0.2, -0.15) is 0 Å². The number of rotatable bonds is 6. The normalized spacial score (nSPS) is 10.8. The first-order valence-electron chi connectivity index (χ1n) is 9.03. The van der Waals surface area contributed by atoms with Crippen LogP contribution >= 0.6 is 11.3 Å². The van der Waals surface area contributed by atoms with Crippen molar-refractivity contribution in [2.24, 2.45) is 0 Å². The van der Waals surface area contributed by atoms with Crippen LogP contribution in [0.25, 0.3) is 10.2 Å². The Morgan fingerprint density at radius 2 is 1.93 bits per heavy atom. The van der Waals surface area contributed by atoms with Crippen molar-refractivity contribution in [3.05, 3.63) is 70.5 Å². The maximum absolute atomic E-state index is 12.0. The van der Waals surface area contributed by atoms with E-state index in [0.29, 0.717) is 11.7 Å². The molecule has 9 heteroatoms. The molecule has 0 bridgehead atoms. The van der Waals surface area contributed by atoms with Gasteiger partial charge in [-0.25, -0.2) is 15.0 Å². The summed E-state index contributed by atoms with van der Waals surface area (Å²) >= 11 is 1.42. The highest BCUT2D eigenvalue weighted by atomic mass is 32.1. The van der Waals surface area contributed by atoms with E-state index in [1.807, 2.05) is 62.4 Å². The number of nitrogens with one attached hydrogen (secondary N) is 1. The highest BCUT2D eigenvalue weighted by Gasteiger charge is 2.28.